The molecule has 1 aromatic heterocycles. The number of benzene rings is 1. The van der Waals surface area contributed by atoms with Gasteiger partial charge in [-0.1, -0.05) is 30.3 Å². The fourth-order valence-electron chi connectivity index (χ4n) is 2.72. The lowest BCUT2D eigenvalue weighted by Gasteiger charge is -2.17. The summed E-state index contributed by atoms with van der Waals surface area (Å²) >= 11 is 1.56. The number of aryl methyl sites for hydroxylation is 1. The molecule has 2 aromatic rings. The number of thiazole rings is 1. The van der Waals surface area contributed by atoms with Gasteiger partial charge in [-0.15, -0.1) is 11.3 Å². The largest absolute Gasteiger partial charge is 0.336 e. The van der Waals surface area contributed by atoms with E-state index in [2.05, 4.69) is 15.6 Å². The highest BCUT2D eigenvalue weighted by atomic mass is 32.1. The van der Waals surface area contributed by atoms with Crippen molar-refractivity contribution in [3.05, 3.63) is 52.0 Å². The van der Waals surface area contributed by atoms with Gasteiger partial charge in [0.05, 0.1) is 17.6 Å². The number of nitrogens with zero attached hydrogens (tertiary/aromatic N) is 2. The van der Waals surface area contributed by atoms with E-state index >= 15 is 0 Å². The molecule has 126 valence electrons. The number of carbonyl (C=O) groups excluding carboxylic acids is 2. The van der Waals surface area contributed by atoms with E-state index in [1.54, 1.807) is 22.4 Å². The summed E-state index contributed by atoms with van der Waals surface area (Å²) in [4.78, 5) is 31.0. The molecule has 0 bridgehead atoms. The number of aromatic nitrogens is 1. The van der Waals surface area contributed by atoms with E-state index in [9.17, 15) is 9.59 Å². The lowest BCUT2D eigenvalue weighted by atomic mass is 10.2. The molecule has 1 unspecified atom stereocenters. The highest BCUT2D eigenvalue weighted by Gasteiger charge is 2.30. The third-order valence-electron chi connectivity index (χ3n) is 3.86. The second kappa shape index (κ2) is 7.44. The van der Waals surface area contributed by atoms with E-state index in [-0.39, 0.29) is 18.0 Å². The fourth-order valence-corrected chi connectivity index (χ4v) is 3.45. The lowest BCUT2D eigenvalue weighted by Crippen LogP contribution is -2.42. The monoisotopic (exact) mass is 344 g/mol. The third-order valence-corrected chi connectivity index (χ3v) is 4.77. The van der Waals surface area contributed by atoms with Crippen LogP contribution in [0.2, 0.25) is 0 Å². The molecule has 7 heteroatoms. The van der Waals surface area contributed by atoms with E-state index in [0.717, 1.165) is 15.4 Å². The Balaban J connectivity index is 1.46. The maximum absolute atomic E-state index is 12.1. The number of nitrogens with one attached hydrogen (secondary N) is 2. The second-order valence-electron chi connectivity index (χ2n) is 5.83. The zero-order valence-corrected chi connectivity index (χ0v) is 14.3. The van der Waals surface area contributed by atoms with E-state index in [1.165, 1.54) is 0 Å². The van der Waals surface area contributed by atoms with Crippen LogP contribution in [0.15, 0.2) is 36.5 Å². The molecule has 2 heterocycles. The first-order valence-corrected chi connectivity index (χ1v) is 8.69. The Hall–Kier alpha value is -2.41. The topological polar surface area (TPSA) is 74.3 Å². The van der Waals surface area contributed by atoms with Crippen molar-refractivity contribution < 1.29 is 9.59 Å². The highest BCUT2D eigenvalue weighted by molar-refractivity contribution is 7.11. The van der Waals surface area contributed by atoms with E-state index in [0.29, 0.717) is 26.1 Å². The molecule has 1 atom stereocenters. The molecule has 3 rings (SSSR count). The number of amides is 3. The number of rotatable bonds is 5. The van der Waals surface area contributed by atoms with Crippen LogP contribution in [0.5, 0.6) is 0 Å². The zero-order chi connectivity index (χ0) is 16.9. The molecule has 2 N–H and O–H groups in total. The van der Waals surface area contributed by atoms with Gasteiger partial charge in [0.1, 0.15) is 0 Å². The number of carbonyl (C=O) groups is 2. The van der Waals surface area contributed by atoms with Crippen LogP contribution in [-0.4, -0.2) is 34.4 Å². The first kappa shape index (κ1) is 16.4. The standard InChI is InChI=1S/C17H20N4O2S/c1-12-18-8-15(24-12)9-19-17(23)20-14-7-16(22)21(11-14)10-13-5-3-2-4-6-13/h2-6,8,14H,7,9-11H2,1H3,(H2,19,20,23). The molecule has 1 aliphatic rings. The molecule has 0 saturated carbocycles. The first-order valence-electron chi connectivity index (χ1n) is 7.87. The minimum Gasteiger partial charge on any atom is -0.336 e. The van der Waals surface area contributed by atoms with Gasteiger partial charge in [-0.25, -0.2) is 9.78 Å². The van der Waals surface area contributed by atoms with Crippen LogP contribution >= 0.6 is 11.3 Å². The molecule has 0 spiro atoms. The van der Waals surface area contributed by atoms with Crippen LogP contribution in [0.3, 0.4) is 0 Å². The maximum Gasteiger partial charge on any atom is 0.315 e. The first-order chi connectivity index (χ1) is 11.6. The summed E-state index contributed by atoms with van der Waals surface area (Å²) in [6, 6.07) is 9.47. The number of hydrogen-bond acceptors (Lipinski definition) is 4. The molecule has 6 nitrogen and oxygen atoms in total. The van der Waals surface area contributed by atoms with Crippen molar-refractivity contribution >= 4 is 23.3 Å². The summed E-state index contributed by atoms with van der Waals surface area (Å²) in [5, 5.41) is 6.66. The van der Waals surface area contributed by atoms with Gasteiger partial charge in [0.2, 0.25) is 5.91 Å². The van der Waals surface area contributed by atoms with Crippen molar-refractivity contribution in [1.82, 2.24) is 20.5 Å². The molecule has 0 aliphatic carbocycles. The van der Waals surface area contributed by atoms with Crippen LogP contribution in [0.1, 0.15) is 21.9 Å². The quantitative estimate of drug-likeness (QED) is 0.872. The van der Waals surface area contributed by atoms with Crippen molar-refractivity contribution in [1.29, 1.82) is 0 Å². The minimum atomic E-state index is -0.250. The van der Waals surface area contributed by atoms with Gasteiger partial charge in [0.15, 0.2) is 0 Å². The summed E-state index contributed by atoms with van der Waals surface area (Å²) in [6.45, 7) is 3.51. The normalized spacial score (nSPS) is 17.1. The van der Waals surface area contributed by atoms with Crippen molar-refractivity contribution in [2.75, 3.05) is 6.54 Å². The molecule has 1 aromatic carbocycles. The molecule has 0 radical (unpaired) electrons. The number of likely N-dealkylation sites (tertiary alicyclic amines) is 1. The van der Waals surface area contributed by atoms with Crippen LogP contribution in [0.25, 0.3) is 0 Å². The molecule has 1 aliphatic heterocycles. The molecule has 24 heavy (non-hydrogen) atoms. The number of urea groups is 1. The highest BCUT2D eigenvalue weighted by Crippen LogP contribution is 2.15. The van der Waals surface area contributed by atoms with Gasteiger partial charge in [-0.2, -0.15) is 0 Å². The fraction of sp³-hybridized carbons (Fsp3) is 0.353. The van der Waals surface area contributed by atoms with Crippen LogP contribution < -0.4 is 10.6 Å². The molecule has 3 amide bonds. The Labute approximate surface area is 144 Å². The maximum atomic E-state index is 12.1. The smallest absolute Gasteiger partial charge is 0.315 e. The Bertz CT molecular complexity index is 716. The molecular formula is C17H20N4O2S. The van der Waals surface area contributed by atoms with Gasteiger partial charge < -0.3 is 15.5 Å². The van der Waals surface area contributed by atoms with E-state index in [1.807, 2.05) is 37.3 Å². The van der Waals surface area contributed by atoms with Crippen molar-refractivity contribution in [3.63, 3.8) is 0 Å². The second-order valence-corrected chi connectivity index (χ2v) is 7.15. The van der Waals surface area contributed by atoms with Gasteiger partial charge in [0, 0.05) is 30.6 Å². The Morgan fingerprint density at radius 1 is 1.38 bits per heavy atom. The van der Waals surface area contributed by atoms with Crippen LogP contribution in [0.4, 0.5) is 4.79 Å². The van der Waals surface area contributed by atoms with Crippen molar-refractivity contribution in [3.8, 4) is 0 Å². The predicted molar refractivity (Wildman–Crippen MR) is 92.5 cm³/mol. The van der Waals surface area contributed by atoms with Crippen molar-refractivity contribution in [2.24, 2.45) is 0 Å². The Morgan fingerprint density at radius 2 is 2.17 bits per heavy atom. The molecule has 1 saturated heterocycles. The Kier molecular flexibility index (Phi) is 5.10. The van der Waals surface area contributed by atoms with E-state index < -0.39 is 0 Å². The number of hydrogen-bond donors (Lipinski definition) is 2. The average Bonchev–Trinajstić information content (AvgIpc) is 3.12. The summed E-state index contributed by atoms with van der Waals surface area (Å²) in [5.41, 5.74) is 1.09. The zero-order valence-electron chi connectivity index (χ0n) is 13.5. The van der Waals surface area contributed by atoms with Gasteiger partial charge in [-0.05, 0) is 12.5 Å². The average molecular weight is 344 g/mol. The third kappa shape index (κ3) is 4.32. The SMILES string of the molecule is Cc1ncc(CNC(=O)NC2CC(=O)N(Cc3ccccc3)C2)s1. The van der Waals surface area contributed by atoms with Gasteiger partial charge in [0.25, 0.3) is 0 Å². The van der Waals surface area contributed by atoms with E-state index in [4.69, 9.17) is 0 Å². The lowest BCUT2D eigenvalue weighted by molar-refractivity contribution is -0.128. The predicted octanol–water partition coefficient (Wildman–Crippen LogP) is 2.05. The van der Waals surface area contributed by atoms with Crippen LogP contribution in [0, 0.1) is 6.92 Å². The minimum absolute atomic E-state index is 0.0715. The van der Waals surface area contributed by atoms with Crippen LogP contribution in [-0.2, 0) is 17.9 Å². The van der Waals surface area contributed by atoms with Crippen molar-refractivity contribution in [2.45, 2.75) is 32.5 Å². The molecule has 1 fully saturated rings. The summed E-state index contributed by atoms with van der Waals surface area (Å²) in [6.07, 6.45) is 2.11. The summed E-state index contributed by atoms with van der Waals surface area (Å²) in [7, 11) is 0. The summed E-state index contributed by atoms with van der Waals surface area (Å²) in [5.74, 6) is 0.0715. The summed E-state index contributed by atoms with van der Waals surface area (Å²) < 4.78 is 0. The molecular weight excluding hydrogens is 324 g/mol. The Morgan fingerprint density at radius 3 is 2.88 bits per heavy atom. The van der Waals surface area contributed by atoms with Gasteiger partial charge in [-0.3, -0.25) is 4.79 Å². The van der Waals surface area contributed by atoms with Gasteiger partial charge >= 0.3 is 6.03 Å².